The summed E-state index contributed by atoms with van der Waals surface area (Å²) < 4.78 is 5.51. The number of nitrogens with two attached hydrogens (primary N) is 1. The summed E-state index contributed by atoms with van der Waals surface area (Å²) in [5, 5.41) is 5.38. The average Bonchev–Trinajstić information content (AvgIpc) is 3.05. The van der Waals surface area contributed by atoms with Crippen molar-refractivity contribution >= 4 is 29.1 Å². The molecule has 0 radical (unpaired) electrons. The van der Waals surface area contributed by atoms with Crippen molar-refractivity contribution in [1.82, 2.24) is 5.32 Å². The number of carbonyl (C=O) groups excluding carboxylic acids is 1. The van der Waals surface area contributed by atoms with Crippen LogP contribution in [0.1, 0.15) is 30.9 Å². The molecule has 1 heterocycles. The van der Waals surface area contributed by atoms with Gasteiger partial charge in [0.25, 0.3) is 0 Å². The Balaban J connectivity index is 0.00000192. The lowest BCUT2D eigenvalue weighted by atomic mass is 10.0. The highest BCUT2D eigenvalue weighted by atomic mass is 35.5. The number of benzene rings is 2. The first-order valence-electron chi connectivity index (χ1n) is 7.86. The Hall–Kier alpha value is -1.62. The van der Waals surface area contributed by atoms with Crippen molar-refractivity contribution in [3.63, 3.8) is 0 Å². The van der Waals surface area contributed by atoms with E-state index in [2.05, 4.69) is 29.6 Å². The highest BCUT2D eigenvalue weighted by Gasteiger charge is 2.21. The third-order valence-electron chi connectivity index (χ3n) is 4.18. The Labute approximate surface area is 142 Å². The first-order chi connectivity index (χ1) is 10.8. The molecule has 5 heteroatoms. The van der Waals surface area contributed by atoms with E-state index >= 15 is 0 Å². The van der Waals surface area contributed by atoms with Gasteiger partial charge in [-0.3, -0.25) is 4.79 Å². The number of ether oxygens (including phenoxy) is 1. The normalized spacial score (nSPS) is 18.4. The van der Waals surface area contributed by atoms with Gasteiger partial charge in [-0.1, -0.05) is 36.4 Å². The molecule has 2 aromatic rings. The van der Waals surface area contributed by atoms with E-state index in [-0.39, 0.29) is 30.5 Å². The van der Waals surface area contributed by atoms with E-state index in [0.717, 1.165) is 30.4 Å². The maximum Gasteiger partial charge on any atom is 0.223 e. The maximum atomic E-state index is 12.2. The standard InChI is InChI=1S/C18H22N2O2.ClH/c19-12-17(20-18(21)11-16-6-3-9-22-16)15-8-7-13-4-1-2-5-14(13)10-15;/h1-2,4-5,7-8,10,16-17H,3,6,9,11-12,19H2,(H,20,21);1H. The number of hydrogen-bond donors (Lipinski definition) is 2. The largest absolute Gasteiger partial charge is 0.378 e. The van der Waals surface area contributed by atoms with Crippen LogP contribution in [-0.2, 0) is 9.53 Å². The molecule has 2 atom stereocenters. The Morgan fingerprint density at radius 1 is 1.26 bits per heavy atom. The van der Waals surface area contributed by atoms with Gasteiger partial charge in [0.05, 0.1) is 18.6 Å². The van der Waals surface area contributed by atoms with Crippen LogP contribution in [0.5, 0.6) is 0 Å². The summed E-state index contributed by atoms with van der Waals surface area (Å²) in [6.45, 7) is 1.15. The molecule has 124 valence electrons. The molecule has 1 aliphatic rings. The summed E-state index contributed by atoms with van der Waals surface area (Å²) in [6.07, 6.45) is 2.50. The van der Waals surface area contributed by atoms with Gasteiger partial charge in [0, 0.05) is 13.2 Å². The molecular weight excluding hydrogens is 312 g/mol. The van der Waals surface area contributed by atoms with Gasteiger partial charge in [0.2, 0.25) is 5.91 Å². The molecule has 2 unspecified atom stereocenters. The van der Waals surface area contributed by atoms with Crippen LogP contribution >= 0.6 is 12.4 Å². The van der Waals surface area contributed by atoms with Crippen molar-refractivity contribution in [2.75, 3.05) is 13.2 Å². The molecule has 0 spiro atoms. The molecule has 4 nitrogen and oxygen atoms in total. The molecule has 1 aliphatic heterocycles. The van der Waals surface area contributed by atoms with E-state index in [0.29, 0.717) is 13.0 Å². The first kappa shape index (κ1) is 17.7. The van der Waals surface area contributed by atoms with Crippen LogP contribution in [0.25, 0.3) is 10.8 Å². The molecule has 0 aliphatic carbocycles. The van der Waals surface area contributed by atoms with E-state index in [9.17, 15) is 4.79 Å². The number of fused-ring (bicyclic) bond motifs is 1. The number of rotatable bonds is 5. The van der Waals surface area contributed by atoms with Gasteiger partial charge in [0.1, 0.15) is 0 Å². The average molecular weight is 335 g/mol. The van der Waals surface area contributed by atoms with Crippen molar-refractivity contribution in [2.45, 2.75) is 31.4 Å². The monoisotopic (exact) mass is 334 g/mol. The number of amides is 1. The number of hydrogen-bond acceptors (Lipinski definition) is 3. The van der Waals surface area contributed by atoms with E-state index in [1.54, 1.807) is 0 Å². The smallest absolute Gasteiger partial charge is 0.223 e. The topological polar surface area (TPSA) is 64.3 Å². The lowest BCUT2D eigenvalue weighted by Gasteiger charge is -2.19. The number of halogens is 1. The van der Waals surface area contributed by atoms with Gasteiger partial charge in [-0.05, 0) is 35.2 Å². The minimum atomic E-state index is -0.154. The quantitative estimate of drug-likeness (QED) is 0.883. The molecule has 1 fully saturated rings. The summed E-state index contributed by atoms with van der Waals surface area (Å²) in [7, 11) is 0. The van der Waals surface area contributed by atoms with Crippen molar-refractivity contribution in [1.29, 1.82) is 0 Å². The van der Waals surface area contributed by atoms with Crippen LogP contribution in [-0.4, -0.2) is 25.2 Å². The van der Waals surface area contributed by atoms with Gasteiger partial charge < -0.3 is 15.8 Å². The van der Waals surface area contributed by atoms with Crippen LogP contribution in [0.2, 0.25) is 0 Å². The zero-order valence-electron chi connectivity index (χ0n) is 13.0. The second-order valence-electron chi connectivity index (χ2n) is 5.80. The van der Waals surface area contributed by atoms with Crippen LogP contribution in [0.15, 0.2) is 42.5 Å². The van der Waals surface area contributed by atoms with E-state index in [1.807, 2.05) is 18.2 Å². The fourth-order valence-electron chi connectivity index (χ4n) is 2.97. The maximum absolute atomic E-state index is 12.2. The van der Waals surface area contributed by atoms with Gasteiger partial charge in [-0.2, -0.15) is 0 Å². The molecule has 0 aromatic heterocycles. The summed E-state index contributed by atoms with van der Waals surface area (Å²) in [6, 6.07) is 14.2. The summed E-state index contributed by atoms with van der Waals surface area (Å²) in [5.74, 6) is 0.00973. The van der Waals surface area contributed by atoms with Crippen molar-refractivity contribution in [3.05, 3.63) is 48.0 Å². The molecule has 2 aromatic carbocycles. The molecule has 0 saturated carbocycles. The van der Waals surface area contributed by atoms with Crippen LogP contribution in [0.3, 0.4) is 0 Å². The van der Waals surface area contributed by atoms with Gasteiger partial charge >= 0.3 is 0 Å². The SMILES string of the molecule is Cl.NCC(NC(=O)CC1CCCO1)c1ccc2ccccc2c1. The zero-order chi connectivity index (χ0) is 15.4. The third kappa shape index (κ3) is 4.44. The second-order valence-corrected chi connectivity index (χ2v) is 5.80. The number of carbonyl (C=O) groups is 1. The van der Waals surface area contributed by atoms with E-state index in [1.165, 1.54) is 5.39 Å². The van der Waals surface area contributed by atoms with Gasteiger partial charge in [-0.25, -0.2) is 0 Å². The fourth-order valence-corrected chi connectivity index (χ4v) is 2.97. The fraction of sp³-hybridized carbons (Fsp3) is 0.389. The summed E-state index contributed by atoms with van der Waals surface area (Å²) >= 11 is 0. The van der Waals surface area contributed by atoms with E-state index < -0.39 is 0 Å². The highest BCUT2D eigenvalue weighted by molar-refractivity contribution is 5.85. The predicted octanol–water partition coefficient (Wildman–Crippen LogP) is 2.95. The second kappa shape index (κ2) is 8.29. The predicted molar refractivity (Wildman–Crippen MR) is 94.7 cm³/mol. The van der Waals surface area contributed by atoms with Crippen LogP contribution in [0.4, 0.5) is 0 Å². The zero-order valence-corrected chi connectivity index (χ0v) is 13.9. The van der Waals surface area contributed by atoms with Gasteiger partial charge in [0.15, 0.2) is 0 Å². The summed E-state index contributed by atoms with van der Waals surface area (Å²) in [5.41, 5.74) is 6.90. The minimum Gasteiger partial charge on any atom is -0.378 e. The minimum absolute atomic E-state index is 0. The van der Waals surface area contributed by atoms with Gasteiger partial charge in [-0.15, -0.1) is 12.4 Å². The van der Waals surface area contributed by atoms with E-state index in [4.69, 9.17) is 10.5 Å². The van der Waals surface area contributed by atoms with Crippen LogP contribution in [0, 0.1) is 0 Å². The molecule has 3 rings (SSSR count). The Morgan fingerprint density at radius 3 is 2.74 bits per heavy atom. The molecular formula is C18H23ClN2O2. The lowest BCUT2D eigenvalue weighted by molar-refractivity contribution is -0.123. The first-order valence-corrected chi connectivity index (χ1v) is 7.86. The summed E-state index contributed by atoms with van der Waals surface area (Å²) in [4.78, 5) is 12.2. The molecule has 3 N–H and O–H groups in total. The number of nitrogens with one attached hydrogen (secondary N) is 1. The Morgan fingerprint density at radius 2 is 2.04 bits per heavy atom. The van der Waals surface area contributed by atoms with Crippen molar-refractivity contribution in [2.24, 2.45) is 5.73 Å². The molecule has 23 heavy (non-hydrogen) atoms. The molecule has 0 bridgehead atoms. The molecule has 1 amide bonds. The van der Waals surface area contributed by atoms with Crippen molar-refractivity contribution < 1.29 is 9.53 Å². The Kier molecular flexibility index (Phi) is 6.39. The van der Waals surface area contributed by atoms with Crippen LogP contribution < -0.4 is 11.1 Å². The molecule has 1 saturated heterocycles. The third-order valence-corrected chi connectivity index (χ3v) is 4.18. The highest BCUT2D eigenvalue weighted by Crippen LogP contribution is 2.21. The lowest BCUT2D eigenvalue weighted by Crippen LogP contribution is -2.35. The van der Waals surface area contributed by atoms with Crippen molar-refractivity contribution in [3.8, 4) is 0 Å². The Bertz CT molecular complexity index is 656.